The lowest BCUT2D eigenvalue weighted by Crippen LogP contribution is -2.15. The number of hydrogen-bond acceptors (Lipinski definition) is 7. The minimum atomic E-state index is -0.576. The van der Waals surface area contributed by atoms with Crippen LogP contribution in [-0.2, 0) is 11.2 Å². The summed E-state index contributed by atoms with van der Waals surface area (Å²) >= 11 is 0. The summed E-state index contributed by atoms with van der Waals surface area (Å²) in [6.07, 6.45) is 2.14. The Labute approximate surface area is 183 Å². The van der Waals surface area contributed by atoms with Gasteiger partial charge in [-0.1, -0.05) is 6.07 Å². The summed E-state index contributed by atoms with van der Waals surface area (Å²) in [5, 5.41) is 18.7. The van der Waals surface area contributed by atoms with Crippen LogP contribution in [0.5, 0.6) is 0 Å². The Hall–Kier alpha value is -4.15. The van der Waals surface area contributed by atoms with Gasteiger partial charge in [0, 0.05) is 23.5 Å². The molecule has 11 nitrogen and oxygen atoms in total. The molecule has 0 spiro atoms. The van der Waals surface area contributed by atoms with Crippen molar-refractivity contribution in [1.82, 2.24) is 34.8 Å². The predicted octanol–water partition coefficient (Wildman–Crippen LogP) is 1.61. The first-order valence-electron chi connectivity index (χ1n) is 10.1. The lowest BCUT2D eigenvalue weighted by Gasteiger charge is -2.12. The molecule has 2 amide bonds. The number of carbonyl (C=O) groups excluding carboxylic acids is 2. The molecule has 0 bridgehead atoms. The molecule has 0 unspecified atom stereocenters. The first-order valence-corrected chi connectivity index (χ1v) is 10.1. The summed E-state index contributed by atoms with van der Waals surface area (Å²) in [7, 11) is 0. The number of nitrogens with zero attached hydrogens (tertiary/aromatic N) is 7. The van der Waals surface area contributed by atoms with Crippen LogP contribution in [0.2, 0.25) is 0 Å². The standard InChI is InChI=1S/C21H23N9O2/c1-11-5-6-15(9-18(11)30-14(4)26-27-28-30)25-19(31)8-7-16-12(2)24-21-17(20(22)32)10-23-29(21)13(16)3/h5-6,9-10H,7-8H2,1-4H3,(H2,22,32)(H,25,31). The fraction of sp³-hybridized carbons (Fsp3) is 0.286. The molecule has 0 fully saturated rings. The van der Waals surface area contributed by atoms with Gasteiger partial charge in [0.05, 0.1) is 11.9 Å². The number of aryl methyl sites for hydroxylation is 4. The molecule has 0 saturated heterocycles. The molecule has 3 heterocycles. The number of anilines is 1. The molecular weight excluding hydrogens is 410 g/mol. The van der Waals surface area contributed by atoms with Crippen molar-refractivity contribution in [3.8, 4) is 5.69 Å². The van der Waals surface area contributed by atoms with Crippen LogP contribution >= 0.6 is 0 Å². The molecule has 32 heavy (non-hydrogen) atoms. The number of rotatable bonds is 6. The highest BCUT2D eigenvalue weighted by molar-refractivity contribution is 5.98. The molecule has 0 aliphatic rings. The SMILES string of the molecule is Cc1ccc(NC(=O)CCc2c(C)nc3c(C(N)=O)cnn3c2C)cc1-n1nnnc1C. The van der Waals surface area contributed by atoms with Gasteiger partial charge in [-0.2, -0.15) is 9.78 Å². The number of benzene rings is 1. The molecule has 0 saturated carbocycles. The number of hydrogen-bond donors (Lipinski definition) is 2. The summed E-state index contributed by atoms with van der Waals surface area (Å²) in [4.78, 5) is 28.7. The maximum Gasteiger partial charge on any atom is 0.254 e. The van der Waals surface area contributed by atoms with Crippen molar-refractivity contribution in [2.24, 2.45) is 5.73 Å². The Morgan fingerprint density at radius 3 is 2.62 bits per heavy atom. The zero-order valence-corrected chi connectivity index (χ0v) is 18.2. The summed E-state index contributed by atoms with van der Waals surface area (Å²) in [5.41, 5.74) is 11.0. The van der Waals surface area contributed by atoms with E-state index < -0.39 is 5.91 Å². The van der Waals surface area contributed by atoms with Crippen molar-refractivity contribution in [2.75, 3.05) is 5.32 Å². The molecule has 3 N–H and O–H groups in total. The van der Waals surface area contributed by atoms with E-state index in [2.05, 4.69) is 30.9 Å². The molecule has 1 aromatic carbocycles. The van der Waals surface area contributed by atoms with Crippen LogP contribution in [0.4, 0.5) is 5.69 Å². The zero-order chi connectivity index (χ0) is 23.0. The van der Waals surface area contributed by atoms with Gasteiger partial charge in [-0.15, -0.1) is 5.10 Å². The summed E-state index contributed by atoms with van der Waals surface area (Å²) in [5.74, 6) is -0.0540. The summed E-state index contributed by atoms with van der Waals surface area (Å²) in [6, 6.07) is 5.59. The van der Waals surface area contributed by atoms with E-state index in [-0.39, 0.29) is 17.9 Å². The first kappa shape index (κ1) is 21.1. The van der Waals surface area contributed by atoms with Crippen molar-refractivity contribution in [3.05, 3.63) is 58.3 Å². The van der Waals surface area contributed by atoms with Crippen LogP contribution in [0, 0.1) is 27.7 Å². The van der Waals surface area contributed by atoms with Crippen LogP contribution in [0.3, 0.4) is 0 Å². The maximum atomic E-state index is 12.7. The fourth-order valence-electron chi connectivity index (χ4n) is 3.68. The molecule has 0 radical (unpaired) electrons. The maximum absolute atomic E-state index is 12.7. The molecule has 4 aromatic rings. The Morgan fingerprint density at radius 2 is 1.94 bits per heavy atom. The van der Waals surface area contributed by atoms with E-state index in [9.17, 15) is 9.59 Å². The lowest BCUT2D eigenvalue weighted by atomic mass is 10.1. The van der Waals surface area contributed by atoms with Gasteiger partial charge in [-0.3, -0.25) is 9.59 Å². The van der Waals surface area contributed by atoms with Gasteiger partial charge in [0.25, 0.3) is 5.91 Å². The monoisotopic (exact) mass is 433 g/mol. The van der Waals surface area contributed by atoms with Gasteiger partial charge in [0.2, 0.25) is 5.91 Å². The van der Waals surface area contributed by atoms with E-state index in [1.54, 1.807) is 9.20 Å². The largest absolute Gasteiger partial charge is 0.365 e. The van der Waals surface area contributed by atoms with Crippen LogP contribution in [0.15, 0.2) is 24.4 Å². The second-order valence-corrected chi connectivity index (χ2v) is 7.61. The number of primary amides is 1. The highest BCUT2D eigenvalue weighted by atomic mass is 16.2. The Balaban J connectivity index is 1.51. The number of amides is 2. The highest BCUT2D eigenvalue weighted by Crippen LogP contribution is 2.21. The average Bonchev–Trinajstić information content (AvgIpc) is 3.35. The Bertz CT molecular complexity index is 1350. The van der Waals surface area contributed by atoms with E-state index >= 15 is 0 Å². The molecule has 0 atom stereocenters. The lowest BCUT2D eigenvalue weighted by molar-refractivity contribution is -0.116. The van der Waals surface area contributed by atoms with Crippen molar-refractivity contribution in [2.45, 2.75) is 40.5 Å². The van der Waals surface area contributed by atoms with E-state index in [0.29, 0.717) is 23.6 Å². The van der Waals surface area contributed by atoms with Crippen molar-refractivity contribution >= 4 is 23.1 Å². The van der Waals surface area contributed by atoms with Crippen molar-refractivity contribution < 1.29 is 9.59 Å². The van der Waals surface area contributed by atoms with E-state index in [1.165, 1.54) is 6.20 Å². The molecule has 164 valence electrons. The second kappa shape index (κ2) is 8.17. The molecule has 3 aromatic heterocycles. The minimum absolute atomic E-state index is 0.134. The van der Waals surface area contributed by atoms with Gasteiger partial charge in [-0.05, 0) is 67.8 Å². The minimum Gasteiger partial charge on any atom is -0.365 e. The second-order valence-electron chi connectivity index (χ2n) is 7.61. The van der Waals surface area contributed by atoms with Crippen molar-refractivity contribution in [3.63, 3.8) is 0 Å². The smallest absolute Gasteiger partial charge is 0.254 e. The van der Waals surface area contributed by atoms with Crippen LogP contribution in [0.25, 0.3) is 11.3 Å². The summed E-state index contributed by atoms with van der Waals surface area (Å²) in [6.45, 7) is 7.49. The van der Waals surface area contributed by atoms with E-state index in [4.69, 9.17) is 5.73 Å². The van der Waals surface area contributed by atoms with Crippen LogP contribution in [0.1, 0.15) is 45.1 Å². The first-order chi connectivity index (χ1) is 15.3. The van der Waals surface area contributed by atoms with Crippen LogP contribution in [-0.4, -0.2) is 46.6 Å². The molecule has 0 aliphatic carbocycles. The van der Waals surface area contributed by atoms with Crippen molar-refractivity contribution in [1.29, 1.82) is 0 Å². The number of nitrogens with one attached hydrogen (secondary N) is 1. The van der Waals surface area contributed by atoms with Gasteiger partial charge in [-0.25, -0.2) is 9.50 Å². The third-order valence-corrected chi connectivity index (χ3v) is 5.42. The molecule has 4 rings (SSSR count). The number of fused-ring (bicyclic) bond motifs is 1. The number of tetrazole rings is 1. The Kier molecular flexibility index (Phi) is 5.39. The Morgan fingerprint density at radius 1 is 1.16 bits per heavy atom. The van der Waals surface area contributed by atoms with Crippen LogP contribution < -0.4 is 11.1 Å². The third-order valence-electron chi connectivity index (χ3n) is 5.42. The predicted molar refractivity (Wildman–Crippen MR) is 117 cm³/mol. The molecule has 0 aliphatic heterocycles. The van der Waals surface area contributed by atoms with Gasteiger partial charge in [0.1, 0.15) is 5.56 Å². The number of carbonyl (C=O) groups is 2. The molecule has 11 heteroatoms. The van der Waals surface area contributed by atoms with Gasteiger partial charge < -0.3 is 11.1 Å². The normalized spacial score (nSPS) is 11.1. The molecular formula is C21H23N9O2. The fourth-order valence-corrected chi connectivity index (χ4v) is 3.68. The number of nitrogens with two attached hydrogens (primary N) is 1. The third kappa shape index (κ3) is 3.80. The quantitative estimate of drug-likeness (QED) is 0.469. The summed E-state index contributed by atoms with van der Waals surface area (Å²) < 4.78 is 3.21. The topological polar surface area (TPSA) is 146 Å². The van der Waals surface area contributed by atoms with Gasteiger partial charge >= 0.3 is 0 Å². The average molecular weight is 433 g/mol. The van der Waals surface area contributed by atoms with E-state index in [0.717, 1.165) is 28.2 Å². The zero-order valence-electron chi connectivity index (χ0n) is 18.2. The highest BCUT2D eigenvalue weighted by Gasteiger charge is 2.17. The van der Waals surface area contributed by atoms with Gasteiger partial charge in [0.15, 0.2) is 11.5 Å². The number of aromatic nitrogens is 7. The van der Waals surface area contributed by atoms with E-state index in [1.807, 2.05) is 45.9 Å².